The molecule has 0 aliphatic carbocycles. The highest BCUT2D eigenvalue weighted by molar-refractivity contribution is 5.94. The highest BCUT2D eigenvalue weighted by atomic mass is 16.5. The summed E-state index contributed by atoms with van der Waals surface area (Å²) in [5.41, 5.74) is 1.72. The Labute approximate surface area is 152 Å². The van der Waals surface area contributed by atoms with Gasteiger partial charge in [0.2, 0.25) is 0 Å². The second kappa shape index (κ2) is 7.44. The van der Waals surface area contributed by atoms with Crippen molar-refractivity contribution in [1.29, 1.82) is 0 Å². The van der Waals surface area contributed by atoms with Gasteiger partial charge in [-0.2, -0.15) is 0 Å². The molecule has 1 heterocycles. The van der Waals surface area contributed by atoms with Crippen molar-refractivity contribution in [2.45, 2.75) is 26.4 Å². The maximum Gasteiger partial charge on any atom is 0.254 e. The first kappa shape index (κ1) is 17.7. The van der Waals surface area contributed by atoms with E-state index in [1.54, 1.807) is 36.3 Å². The summed E-state index contributed by atoms with van der Waals surface area (Å²) in [6.07, 6.45) is 0. The number of hydrogen-bond acceptors (Lipinski definition) is 3. The lowest BCUT2D eigenvalue weighted by molar-refractivity contribution is 0.0689. The number of aromatic nitrogens is 1. The molecule has 5 heteroatoms. The van der Waals surface area contributed by atoms with Crippen LogP contribution < -0.4 is 10.3 Å². The Morgan fingerprint density at radius 3 is 2.62 bits per heavy atom. The molecule has 0 aliphatic rings. The molecule has 5 nitrogen and oxygen atoms in total. The van der Waals surface area contributed by atoms with E-state index in [1.165, 1.54) is 0 Å². The van der Waals surface area contributed by atoms with Crippen LogP contribution in [0.1, 0.15) is 29.8 Å². The Bertz CT molecular complexity index is 992. The zero-order valence-electron chi connectivity index (χ0n) is 15.2. The van der Waals surface area contributed by atoms with Crippen LogP contribution in [-0.4, -0.2) is 28.9 Å². The summed E-state index contributed by atoms with van der Waals surface area (Å²) in [6.45, 7) is 4.12. The van der Waals surface area contributed by atoms with Crippen molar-refractivity contribution in [1.82, 2.24) is 9.88 Å². The van der Waals surface area contributed by atoms with E-state index in [0.717, 1.165) is 10.9 Å². The Morgan fingerprint density at radius 2 is 1.88 bits per heavy atom. The molecule has 1 amide bonds. The molecule has 134 valence electrons. The summed E-state index contributed by atoms with van der Waals surface area (Å²) in [5.74, 6) is 0.495. The molecule has 1 aromatic heterocycles. The Morgan fingerprint density at radius 1 is 1.12 bits per heavy atom. The average molecular weight is 350 g/mol. The van der Waals surface area contributed by atoms with Crippen molar-refractivity contribution >= 4 is 16.8 Å². The zero-order valence-corrected chi connectivity index (χ0v) is 15.2. The maximum atomic E-state index is 13.0. The number of para-hydroxylation sites is 1. The van der Waals surface area contributed by atoms with Crippen LogP contribution in [0, 0.1) is 0 Å². The van der Waals surface area contributed by atoms with Crippen molar-refractivity contribution in [3.8, 4) is 5.75 Å². The number of hydrogen-bond donors (Lipinski definition) is 1. The summed E-state index contributed by atoms with van der Waals surface area (Å²) >= 11 is 0. The fourth-order valence-electron chi connectivity index (χ4n) is 2.90. The molecule has 0 unspecified atom stereocenters. The smallest absolute Gasteiger partial charge is 0.254 e. The second-order valence-electron chi connectivity index (χ2n) is 6.47. The van der Waals surface area contributed by atoms with Gasteiger partial charge in [-0.05, 0) is 49.6 Å². The van der Waals surface area contributed by atoms with E-state index in [-0.39, 0.29) is 24.1 Å². The van der Waals surface area contributed by atoms with E-state index in [2.05, 4.69) is 4.98 Å². The fraction of sp³-hybridized carbons (Fsp3) is 0.238. The molecule has 0 atom stereocenters. The summed E-state index contributed by atoms with van der Waals surface area (Å²) in [5, 5.41) is 0.944. The number of benzene rings is 2. The number of fused-ring (bicyclic) bond motifs is 1. The molecule has 0 bridgehead atoms. The first-order chi connectivity index (χ1) is 12.5. The lowest BCUT2D eigenvalue weighted by Crippen LogP contribution is -2.38. The summed E-state index contributed by atoms with van der Waals surface area (Å²) in [7, 11) is 1.57. The Hall–Kier alpha value is -3.08. The molecule has 0 saturated heterocycles. The van der Waals surface area contributed by atoms with Gasteiger partial charge in [0.05, 0.1) is 13.7 Å². The molecule has 0 aliphatic heterocycles. The highest BCUT2D eigenvalue weighted by Crippen LogP contribution is 2.18. The zero-order chi connectivity index (χ0) is 18.7. The topological polar surface area (TPSA) is 62.4 Å². The van der Waals surface area contributed by atoms with Crippen LogP contribution in [0.2, 0.25) is 0 Å². The standard InChI is InChI=1S/C21H22N2O3/c1-14(2)23(21(25)16-8-6-9-18(12-16)26-3)13-17-11-15-7-4-5-10-19(15)22-20(17)24/h4-12,14H,13H2,1-3H3,(H,22,24). The fourth-order valence-corrected chi connectivity index (χ4v) is 2.90. The Kier molecular flexibility index (Phi) is 5.07. The molecule has 3 rings (SSSR count). The summed E-state index contributed by atoms with van der Waals surface area (Å²) < 4.78 is 5.21. The third-order valence-electron chi connectivity index (χ3n) is 4.37. The van der Waals surface area contributed by atoms with Crippen molar-refractivity contribution in [2.75, 3.05) is 7.11 Å². The van der Waals surface area contributed by atoms with Gasteiger partial charge in [0.1, 0.15) is 5.75 Å². The third-order valence-corrected chi connectivity index (χ3v) is 4.37. The average Bonchev–Trinajstić information content (AvgIpc) is 2.65. The number of nitrogens with one attached hydrogen (secondary N) is 1. The predicted molar refractivity (Wildman–Crippen MR) is 103 cm³/mol. The molecule has 2 aromatic carbocycles. The van der Waals surface area contributed by atoms with Crippen LogP contribution in [0.3, 0.4) is 0 Å². The van der Waals surface area contributed by atoms with Gasteiger partial charge in [0.15, 0.2) is 0 Å². The van der Waals surface area contributed by atoms with Gasteiger partial charge in [0, 0.05) is 22.7 Å². The number of ether oxygens (including phenoxy) is 1. The number of methoxy groups -OCH3 is 1. The number of rotatable bonds is 5. The van der Waals surface area contributed by atoms with Gasteiger partial charge in [-0.25, -0.2) is 0 Å². The van der Waals surface area contributed by atoms with Gasteiger partial charge >= 0.3 is 0 Å². The number of nitrogens with zero attached hydrogens (tertiary/aromatic N) is 1. The van der Waals surface area contributed by atoms with Gasteiger partial charge < -0.3 is 14.6 Å². The first-order valence-corrected chi connectivity index (χ1v) is 8.55. The van der Waals surface area contributed by atoms with E-state index < -0.39 is 0 Å². The molecule has 0 spiro atoms. The minimum Gasteiger partial charge on any atom is -0.497 e. The van der Waals surface area contributed by atoms with Crippen molar-refractivity contribution in [3.05, 3.63) is 76.1 Å². The molecule has 0 radical (unpaired) electrons. The molecule has 0 fully saturated rings. The first-order valence-electron chi connectivity index (χ1n) is 8.55. The number of carbonyl (C=O) groups is 1. The van der Waals surface area contributed by atoms with Gasteiger partial charge in [-0.15, -0.1) is 0 Å². The van der Waals surface area contributed by atoms with Crippen LogP contribution in [0.5, 0.6) is 5.75 Å². The number of aromatic amines is 1. The second-order valence-corrected chi connectivity index (χ2v) is 6.47. The number of H-pyrrole nitrogens is 1. The number of amides is 1. The molecular weight excluding hydrogens is 328 g/mol. The minimum absolute atomic E-state index is 0.0560. The van der Waals surface area contributed by atoms with E-state index in [4.69, 9.17) is 4.74 Å². The molecule has 3 aromatic rings. The van der Waals surface area contributed by atoms with E-state index >= 15 is 0 Å². The predicted octanol–water partition coefficient (Wildman–Crippen LogP) is 3.59. The van der Waals surface area contributed by atoms with Crippen LogP contribution >= 0.6 is 0 Å². The van der Waals surface area contributed by atoms with E-state index in [0.29, 0.717) is 16.9 Å². The van der Waals surface area contributed by atoms with Crippen LogP contribution in [-0.2, 0) is 6.54 Å². The number of pyridine rings is 1. The van der Waals surface area contributed by atoms with Crippen LogP contribution in [0.4, 0.5) is 0 Å². The van der Waals surface area contributed by atoms with Crippen LogP contribution in [0.15, 0.2) is 59.4 Å². The Balaban J connectivity index is 1.95. The van der Waals surface area contributed by atoms with Crippen molar-refractivity contribution < 1.29 is 9.53 Å². The van der Waals surface area contributed by atoms with E-state index in [1.807, 2.05) is 44.2 Å². The largest absolute Gasteiger partial charge is 0.497 e. The summed E-state index contributed by atoms with van der Waals surface area (Å²) in [4.78, 5) is 30.0. The van der Waals surface area contributed by atoms with Gasteiger partial charge in [-0.1, -0.05) is 24.3 Å². The molecule has 0 saturated carbocycles. The van der Waals surface area contributed by atoms with Gasteiger partial charge in [-0.3, -0.25) is 9.59 Å². The molecule has 26 heavy (non-hydrogen) atoms. The van der Waals surface area contributed by atoms with Gasteiger partial charge in [0.25, 0.3) is 11.5 Å². The highest BCUT2D eigenvalue weighted by Gasteiger charge is 2.21. The maximum absolute atomic E-state index is 13.0. The normalized spacial score (nSPS) is 10.9. The van der Waals surface area contributed by atoms with E-state index in [9.17, 15) is 9.59 Å². The lowest BCUT2D eigenvalue weighted by atomic mass is 10.1. The van der Waals surface area contributed by atoms with Crippen LogP contribution in [0.25, 0.3) is 10.9 Å². The third kappa shape index (κ3) is 3.61. The van der Waals surface area contributed by atoms with Crippen molar-refractivity contribution in [3.63, 3.8) is 0 Å². The quantitative estimate of drug-likeness (QED) is 0.765. The monoisotopic (exact) mass is 350 g/mol. The molecule has 1 N–H and O–H groups in total. The SMILES string of the molecule is COc1cccc(C(=O)N(Cc2cc3ccccc3[nH]c2=O)C(C)C)c1. The molecular formula is C21H22N2O3. The lowest BCUT2D eigenvalue weighted by Gasteiger charge is -2.27. The number of carbonyl (C=O) groups excluding carboxylic acids is 1. The van der Waals surface area contributed by atoms with Crippen molar-refractivity contribution in [2.24, 2.45) is 0 Å². The minimum atomic E-state index is -0.173. The summed E-state index contributed by atoms with van der Waals surface area (Å²) in [6, 6.07) is 16.4.